The minimum absolute atomic E-state index is 0.0136. The van der Waals surface area contributed by atoms with Crippen LogP contribution in [0.2, 0.25) is 0 Å². The van der Waals surface area contributed by atoms with Crippen molar-refractivity contribution in [1.82, 2.24) is 9.78 Å². The fourth-order valence-electron chi connectivity index (χ4n) is 2.79. The molecule has 0 spiro atoms. The Morgan fingerprint density at radius 2 is 2.15 bits per heavy atom. The monoisotopic (exact) mass is 282 g/mol. The maximum atomic E-state index is 11.1. The summed E-state index contributed by atoms with van der Waals surface area (Å²) in [6.07, 6.45) is 3.44. The Kier molecular flexibility index (Phi) is 3.99. The first kappa shape index (κ1) is 14.8. The SMILES string of the molecule is Cc1nn(C)c(NCC2(O)CCC(C)CC2)c1[N+](=O)[O-]. The van der Waals surface area contributed by atoms with Crippen LogP contribution in [0.1, 0.15) is 38.3 Å². The summed E-state index contributed by atoms with van der Waals surface area (Å²) in [6, 6.07) is 0. The predicted molar refractivity (Wildman–Crippen MR) is 75.7 cm³/mol. The van der Waals surface area contributed by atoms with E-state index >= 15 is 0 Å². The zero-order valence-electron chi connectivity index (χ0n) is 12.2. The van der Waals surface area contributed by atoms with Crippen LogP contribution < -0.4 is 5.32 Å². The number of rotatable bonds is 4. The van der Waals surface area contributed by atoms with E-state index in [0.29, 0.717) is 24.0 Å². The van der Waals surface area contributed by atoms with Gasteiger partial charge in [-0.3, -0.25) is 10.1 Å². The highest BCUT2D eigenvalue weighted by molar-refractivity contribution is 5.59. The van der Waals surface area contributed by atoms with E-state index in [2.05, 4.69) is 17.3 Å². The maximum Gasteiger partial charge on any atom is 0.333 e. The van der Waals surface area contributed by atoms with E-state index in [1.807, 2.05) is 0 Å². The van der Waals surface area contributed by atoms with Crippen LogP contribution in [0.5, 0.6) is 0 Å². The molecule has 7 nitrogen and oxygen atoms in total. The van der Waals surface area contributed by atoms with E-state index in [1.54, 1.807) is 14.0 Å². The van der Waals surface area contributed by atoms with E-state index in [9.17, 15) is 15.2 Å². The molecule has 2 rings (SSSR count). The highest BCUT2D eigenvalue weighted by Gasteiger charge is 2.33. The lowest BCUT2D eigenvalue weighted by molar-refractivity contribution is -0.384. The second-order valence-electron chi connectivity index (χ2n) is 5.92. The fourth-order valence-corrected chi connectivity index (χ4v) is 2.79. The summed E-state index contributed by atoms with van der Waals surface area (Å²) in [6.45, 7) is 4.11. The minimum atomic E-state index is -0.779. The quantitative estimate of drug-likeness (QED) is 0.650. The van der Waals surface area contributed by atoms with Gasteiger partial charge < -0.3 is 10.4 Å². The Morgan fingerprint density at radius 1 is 1.55 bits per heavy atom. The van der Waals surface area contributed by atoms with Crippen LogP contribution in [0, 0.1) is 23.0 Å². The van der Waals surface area contributed by atoms with Crippen molar-refractivity contribution in [2.45, 2.75) is 45.1 Å². The summed E-state index contributed by atoms with van der Waals surface area (Å²) < 4.78 is 1.46. The molecule has 1 aliphatic rings. The topological polar surface area (TPSA) is 93.2 Å². The van der Waals surface area contributed by atoms with Crippen LogP contribution in [0.25, 0.3) is 0 Å². The molecule has 0 aliphatic heterocycles. The Bertz CT molecular complexity index is 504. The molecule has 0 unspecified atom stereocenters. The third-order valence-electron chi connectivity index (χ3n) is 4.16. The van der Waals surface area contributed by atoms with E-state index in [0.717, 1.165) is 25.7 Å². The lowest BCUT2D eigenvalue weighted by Crippen LogP contribution is -2.40. The first-order valence-corrected chi connectivity index (χ1v) is 6.96. The molecule has 1 aromatic rings. The second-order valence-corrected chi connectivity index (χ2v) is 5.92. The Morgan fingerprint density at radius 3 is 2.70 bits per heavy atom. The van der Waals surface area contributed by atoms with Gasteiger partial charge in [0.05, 0.1) is 10.5 Å². The molecular weight excluding hydrogens is 260 g/mol. The van der Waals surface area contributed by atoms with Crippen molar-refractivity contribution in [3.05, 3.63) is 15.8 Å². The molecule has 0 saturated heterocycles. The van der Waals surface area contributed by atoms with Gasteiger partial charge in [0.2, 0.25) is 5.82 Å². The molecule has 7 heteroatoms. The van der Waals surface area contributed by atoms with Gasteiger partial charge in [0, 0.05) is 13.6 Å². The van der Waals surface area contributed by atoms with E-state index in [1.165, 1.54) is 4.68 Å². The van der Waals surface area contributed by atoms with Crippen LogP contribution in [0.3, 0.4) is 0 Å². The molecule has 1 heterocycles. The van der Waals surface area contributed by atoms with Gasteiger partial charge in [0.25, 0.3) is 0 Å². The average Bonchev–Trinajstić information content (AvgIpc) is 2.66. The smallest absolute Gasteiger partial charge is 0.333 e. The van der Waals surface area contributed by atoms with Crippen molar-refractivity contribution >= 4 is 11.5 Å². The van der Waals surface area contributed by atoms with E-state index in [4.69, 9.17) is 0 Å². The second kappa shape index (κ2) is 5.40. The highest BCUT2D eigenvalue weighted by atomic mass is 16.6. The van der Waals surface area contributed by atoms with Crippen LogP contribution in [-0.2, 0) is 7.05 Å². The molecule has 2 N–H and O–H groups in total. The highest BCUT2D eigenvalue weighted by Crippen LogP contribution is 2.33. The van der Waals surface area contributed by atoms with Gasteiger partial charge in [0.15, 0.2) is 0 Å². The van der Waals surface area contributed by atoms with Gasteiger partial charge in [-0.25, -0.2) is 4.68 Å². The Balaban J connectivity index is 2.09. The van der Waals surface area contributed by atoms with Crippen molar-refractivity contribution in [1.29, 1.82) is 0 Å². The average molecular weight is 282 g/mol. The zero-order chi connectivity index (χ0) is 14.9. The number of anilines is 1. The summed E-state index contributed by atoms with van der Waals surface area (Å²) >= 11 is 0. The summed E-state index contributed by atoms with van der Waals surface area (Å²) in [5.41, 5.74) is -0.414. The van der Waals surface area contributed by atoms with Crippen LogP contribution in [-0.4, -0.2) is 32.0 Å². The largest absolute Gasteiger partial charge is 0.388 e. The molecule has 112 valence electrons. The van der Waals surface area contributed by atoms with Crippen molar-refractivity contribution in [2.24, 2.45) is 13.0 Å². The number of aryl methyl sites for hydroxylation is 2. The standard InChI is InChI=1S/C13H22N4O3/c1-9-4-6-13(18,7-5-9)8-14-12-11(17(19)20)10(2)15-16(12)3/h9,14,18H,4-8H2,1-3H3. The molecule has 1 fully saturated rings. The normalized spacial score (nSPS) is 26.5. The van der Waals surface area contributed by atoms with E-state index in [-0.39, 0.29) is 5.69 Å². The lowest BCUT2D eigenvalue weighted by Gasteiger charge is -2.35. The number of nitrogens with zero attached hydrogens (tertiary/aromatic N) is 3. The van der Waals surface area contributed by atoms with Gasteiger partial charge in [-0.2, -0.15) is 5.10 Å². The number of hydrogen-bond donors (Lipinski definition) is 2. The Hall–Kier alpha value is -1.63. The van der Waals surface area contributed by atoms with Crippen LogP contribution in [0.4, 0.5) is 11.5 Å². The van der Waals surface area contributed by atoms with Crippen molar-refractivity contribution in [2.75, 3.05) is 11.9 Å². The van der Waals surface area contributed by atoms with Gasteiger partial charge in [0.1, 0.15) is 5.69 Å². The molecule has 20 heavy (non-hydrogen) atoms. The Labute approximate surface area is 118 Å². The first-order chi connectivity index (χ1) is 9.32. The lowest BCUT2D eigenvalue weighted by atomic mass is 9.79. The van der Waals surface area contributed by atoms with Gasteiger partial charge in [-0.05, 0) is 38.5 Å². The number of aliphatic hydroxyl groups is 1. The summed E-state index contributed by atoms with van der Waals surface area (Å²) in [7, 11) is 1.66. The van der Waals surface area contributed by atoms with Gasteiger partial charge in [-0.1, -0.05) is 6.92 Å². The predicted octanol–water partition coefficient (Wildman–Crippen LogP) is 1.99. The maximum absolute atomic E-state index is 11.1. The van der Waals surface area contributed by atoms with Gasteiger partial charge in [-0.15, -0.1) is 0 Å². The molecule has 1 aliphatic carbocycles. The number of nitrogens with one attached hydrogen (secondary N) is 1. The third kappa shape index (κ3) is 2.92. The molecule has 0 bridgehead atoms. The number of aromatic nitrogens is 2. The summed E-state index contributed by atoms with van der Waals surface area (Å²) in [4.78, 5) is 10.6. The minimum Gasteiger partial charge on any atom is -0.388 e. The summed E-state index contributed by atoms with van der Waals surface area (Å²) in [5.74, 6) is 1.00. The first-order valence-electron chi connectivity index (χ1n) is 6.96. The molecule has 1 aromatic heterocycles. The van der Waals surface area contributed by atoms with Crippen LogP contribution >= 0.6 is 0 Å². The molecule has 0 radical (unpaired) electrons. The number of nitro groups is 1. The van der Waals surface area contributed by atoms with Gasteiger partial charge >= 0.3 is 5.69 Å². The number of hydrogen-bond acceptors (Lipinski definition) is 5. The van der Waals surface area contributed by atoms with Crippen LogP contribution in [0.15, 0.2) is 0 Å². The molecule has 0 aromatic carbocycles. The zero-order valence-corrected chi connectivity index (χ0v) is 12.2. The van der Waals surface area contributed by atoms with Crippen molar-refractivity contribution in [3.8, 4) is 0 Å². The molecular formula is C13H22N4O3. The molecule has 0 amide bonds. The van der Waals surface area contributed by atoms with Crippen molar-refractivity contribution < 1.29 is 10.0 Å². The summed E-state index contributed by atoms with van der Waals surface area (Å²) in [5, 5.41) is 28.7. The molecule has 1 saturated carbocycles. The van der Waals surface area contributed by atoms with Crippen molar-refractivity contribution in [3.63, 3.8) is 0 Å². The van der Waals surface area contributed by atoms with E-state index < -0.39 is 10.5 Å². The fraction of sp³-hybridized carbons (Fsp3) is 0.769. The third-order valence-corrected chi connectivity index (χ3v) is 4.16. The molecule has 0 atom stereocenters.